The van der Waals surface area contributed by atoms with Crippen molar-refractivity contribution in [1.29, 1.82) is 0 Å². The first-order valence-electron chi connectivity index (χ1n) is 7.77. The lowest BCUT2D eigenvalue weighted by atomic mass is 9.87. The Hall–Kier alpha value is -2.63. The second kappa shape index (κ2) is 6.86. The number of fused-ring (bicyclic) bond motifs is 1. The fourth-order valence-electron chi connectivity index (χ4n) is 3.10. The number of methoxy groups -OCH3 is 1. The molecule has 0 saturated carbocycles. The van der Waals surface area contributed by atoms with Gasteiger partial charge in [-0.25, -0.2) is 4.79 Å². The van der Waals surface area contributed by atoms with Crippen LogP contribution in [0.4, 0.5) is 4.39 Å². The number of rotatable bonds is 5. The van der Waals surface area contributed by atoms with Crippen molar-refractivity contribution >= 4 is 5.97 Å². The van der Waals surface area contributed by atoms with Crippen molar-refractivity contribution in [3.8, 4) is 11.5 Å². The van der Waals surface area contributed by atoms with Gasteiger partial charge in [-0.1, -0.05) is 6.07 Å². The number of aromatic nitrogens is 1. The number of nitrogens with zero attached hydrogens (tertiary/aromatic N) is 1. The molecule has 5 nitrogen and oxygen atoms in total. The number of halogens is 1. The first-order valence-corrected chi connectivity index (χ1v) is 7.77. The van der Waals surface area contributed by atoms with E-state index in [0.717, 1.165) is 12.0 Å². The summed E-state index contributed by atoms with van der Waals surface area (Å²) in [5, 5.41) is 9.24. The molecule has 0 bridgehead atoms. The number of pyridine rings is 1. The van der Waals surface area contributed by atoms with E-state index in [9.17, 15) is 14.3 Å². The first-order chi connectivity index (χ1) is 11.6. The summed E-state index contributed by atoms with van der Waals surface area (Å²) in [6.07, 6.45) is 5.08. The Morgan fingerprint density at radius 2 is 2.29 bits per heavy atom. The lowest BCUT2D eigenvalue weighted by Crippen LogP contribution is -2.17. The number of carbonyl (C=O) groups is 1. The Balaban J connectivity index is 1.82. The minimum Gasteiger partial charge on any atom is -0.494 e. The molecule has 0 amide bonds. The van der Waals surface area contributed by atoms with E-state index >= 15 is 0 Å². The van der Waals surface area contributed by atoms with Gasteiger partial charge in [0.15, 0.2) is 11.5 Å². The van der Waals surface area contributed by atoms with E-state index < -0.39 is 11.8 Å². The standard InChI is InChI=1S/C18H18FNO4/c1-23-15-5-4-13-11(7-9-24-17(13)16(15)19)2-3-12-10-20-8-6-14(12)18(21)22/h4-6,8,10-11H,2-3,7,9H2,1H3,(H,21,22). The summed E-state index contributed by atoms with van der Waals surface area (Å²) in [5.41, 5.74) is 1.76. The van der Waals surface area contributed by atoms with Gasteiger partial charge in [0.25, 0.3) is 0 Å². The Labute approximate surface area is 139 Å². The van der Waals surface area contributed by atoms with Gasteiger partial charge >= 0.3 is 5.97 Å². The zero-order valence-electron chi connectivity index (χ0n) is 13.3. The van der Waals surface area contributed by atoms with Crippen LogP contribution in [-0.4, -0.2) is 29.8 Å². The van der Waals surface area contributed by atoms with Gasteiger partial charge in [0.05, 0.1) is 19.3 Å². The van der Waals surface area contributed by atoms with Crippen LogP contribution in [0, 0.1) is 5.82 Å². The molecule has 1 aliphatic heterocycles. The maximum absolute atomic E-state index is 14.3. The summed E-state index contributed by atoms with van der Waals surface area (Å²) in [4.78, 5) is 15.3. The molecule has 1 aliphatic rings. The van der Waals surface area contributed by atoms with Crippen molar-refractivity contribution in [2.75, 3.05) is 13.7 Å². The number of carboxylic acids is 1. The van der Waals surface area contributed by atoms with E-state index in [1.54, 1.807) is 12.3 Å². The highest BCUT2D eigenvalue weighted by Gasteiger charge is 2.26. The number of ether oxygens (including phenoxy) is 2. The van der Waals surface area contributed by atoms with Crippen molar-refractivity contribution in [2.45, 2.75) is 25.2 Å². The van der Waals surface area contributed by atoms with Crippen LogP contribution in [0.2, 0.25) is 0 Å². The summed E-state index contributed by atoms with van der Waals surface area (Å²) in [7, 11) is 1.42. The summed E-state index contributed by atoms with van der Waals surface area (Å²) >= 11 is 0. The SMILES string of the molecule is COc1ccc2c(c1F)OCCC2CCc1cnccc1C(=O)O. The predicted octanol–water partition coefficient (Wildman–Crippen LogP) is 3.43. The number of aromatic carboxylic acids is 1. The lowest BCUT2D eigenvalue weighted by Gasteiger charge is -2.27. The zero-order chi connectivity index (χ0) is 17.1. The van der Waals surface area contributed by atoms with Crippen molar-refractivity contribution in [3.05, 3.63) is 53.1 Å². The molecule has 0 aliphatic carbocycles. The van der Waals surface area contributed by atoms with Gasteiger partial charge in [-0.2, -0.15) is 4.39 Å². The molecular formula is C18H18FNO4. The number of hydrogen-bond donors (Lipinski definition) is 1. The third-order valence-corrected chi connectivity index (χ3v) is 4.36. The normalized spacial score (nSPS) is 16.2. The lowest BCUT2D eigenvalue weighted by molar-refractivity contribution is 0.0695. The van der Waals surface area contributed by atoms with Crippen LogP contribution in [0.1, 0.15) is 40.2 Å². The zero-order valence-corrected chi connectivity index (χ0v) is 13.3. The van der Waals surface area contributed by atoms with E-state index in [4.69, 9.17) is 9.47 Å². The fourth-order valence-corrected chi connectivity index (χ4v) is 3.10. The molecule has 24 heavy (non-hydrogen) atoms. The van der Waals surface area contributed by atoms with Gasteiger partial charge < -0.3 is 14.6 Å². The molecule has 0 radical (unpaired) electrons. The summed E-state index contributed by atoms with van der Waals surface area (Å²) < 4.78 is 24.8. The first kappa shape index (κ1) is 16.2. The van der Waals surface area contributed by atoms with Crippen LogP contribution in [0.25, 0.3) is 0 Å². The molecule has 6 heteroatoms. The Kier molecular flexibility index (Phi) is 4.64. The number of hydrogen-bond acceptors (Lipinski definition) is 4. The number of carboxylic acid groups (broad SMARTS) is 1. The predicted molar refractivity (Wildman–Crippen MR) is 85.3 cm³/mol. The topological polar surface area (TPSA) is 68.7 Å². The van der Waals surface area contributed by atoms with Gasteiger partial charge in [0.1, 0.15) is 0 Å². The average molecular weight is 331 g/mol. The smallest absolute Gasteiger partial charge is 0.336 e. The minimum atomic E-state index is -0.962. The molecule has 1 aromatic heterocycles. The molecule has 0 fully saturated rings. The molecular weight excluding hydrogens is 313 g/mol. The summed E-state index contributed by atoms with van der Waals surface area (Å²) in [6, 6.07) is 4.92. The highest BCUT2D eigenvalue weighted by Crippen LogP contribution is 2.41. The monoisotopic (exact) mass is 331 g/mol. The van der Waals surface area contributed by atoms with Crippen molar-refractivity contribution < 1.29 is 23.8 Å². The Morgan fingerprint density at radius 3 is 3.04 bits per heavy atom. The van der Waals surface area contributed by atoms with Gasteiger partial charge in [-0.15, -0.1) is 0 Å². The van der Waals surface area contributed by atoms with Gasteiger partial charge in [0, 0.05) is 18.0 Å². The van der Waals surface area contributed by atoms with Crippen LogP contribution in [0.5, 0.6) is 11.5 Å². The van der Waals surface area contributed by atoms with Crippen LogP contribution in [0.3, 0.4) is 0 Å². The van der Waals surface area contributed by atoms with Crippen molar-refractivity contribution in [3.63, 3.8) is 0 Å². The quantitative estimate of drug-likeness (QED) is 0.909. The van der Waals surface area contributed by atoms with Crippen molar-refractivity contribution in [1.82, 2.24) is 4.98 Å². The molecule has 1 unspecified atom stereocenters. The van der Waals surface area contributed by atoms with Crippen LogP contribution in [0.15, 0.2) is 30.6 Å². The molecule has 1 atom stereocenters. The highest BCUT2D eigenvalue weighted by molar-refractivity contribution is 5.89. The van der Waals surface area contributed by atoms with E-state index in [1.165, 1.54) is 19.4 Å². The van der Waals surface area contributed by atoms with Crippen LogP contribution in [-0.2, 0) is 6.42 Å². The summed E-state index contributed by atoms with van der Waals surface area (Å²) in [5.74, 6) is -0.927. The average Bonchev–Trinajstić information content (AvgIpc) is 2.60. The van der Waals surface area contributed by atoms with E-state index in [0.29, 0.717) is 25.0 Å². The maximum atomic E-state index is 14.3. The highest BCUT2D eigenvalue weighted by atomic mass is 19.1. The minimum absolute atomic E-state index is 0.107. The van der Waals surface area contributed by atoms with Crippen molar-refractivity contribution in [2.24, 2.45) is 0 Å². The van der Waals surface area contributed by atoms with Gasteiger partial charge in [-0.3, -0.25) is 4.98 Å². The molecule has 1 aromatic carbocycles. The van der Waals surface area contributed by atoms with Gasteiger partial charge in [-0.05, 0) is 42.9 Å². The van der Waals surface area contributed by atoms with E-state index in [-0.39, 0.29) is 23.0 Å². The third kappa shape index (κ3) is 3.04. The molecule has 0 spiro atoms. The molecule has 3 rings (SSSR count). The van der Waals surface area contributed by atoms with E-state index in [1.807, 2.05) is 6.07 Å². The molecule has 2 heterocycles. The van der Waals surface area contributed by atoms with Crippen LogP contribution < -0.4 is 9.47 Å². The molecule has 1 N–H and O–H groups in total. The Morgan fingerprint density at radius 1 is 1.46 bits per heavy atom. The maximum Gasteiger partial charge on any atom is 0.336 e. The number of benzene rings is 1. The second-order valence-electron chi connectivity index (χ2n) is 5.71. The number of aryl methyl sites for hydroxylation is 1. The van der Waals surface area contributed by atoms with E-state index in [2.05, 4.69) is 4.98 Å². The fraction of sp³-hybridized carbons (Fsp3) is 0.333. The molecule has 126 valence electrons. The Bertz CT molecular complexity index is 763. The molecule has 2 aromatic rings. The van der Waals surface area contributed by atoms with Gasteiger partial charge in [0.2, 0.25) is 5.82 Å². The largest absolute Gasteiger partial charge is 0.494 e. The summed E-state index contributed by atoms with van der Waals surface area (Å²) in [6.45, 7) is 0.431. The molecule has 0 saturated heterocycles. The second-order valence-corrected chi connectivity index (χ2v) is 5.71. The third-order valence-electron chi connectivity index (χ3n) is 4.36. The van der Waals surface area contributed by atoms with Crippen LogP contribution >= 0.6 is 0 Å².